The zero-order valence-electron chi connectivity index (χ0n) is 20.3. The fourth-order valence-corrected chi connectivity index (χ4v) is 4.25. The Morgan fingerprint density at radius 2 is 1.71 bits per heavy atom. The van der Waals surface area contributed by atoms with Gasteiger partial charge >= 0.3 is 0 Å². The number of amides is 1. The molecule has 4 aromatic rings. The molecule has 0 bridgehead atoms. The number of hydrogen-bond acceptors (Lipinski definition) is 6. The number of fused-ring (bicyclic) bond motifs is 1. The van der Waals surface area contributed by atoms with E-state index in [1.807, 2.05) is 42.6 Å². The summed E-state index contributed by atoms with van der Waals surface area (Å²) in [6.45, 7) is 3.94. The lowest BCUT2D eigenvalue weighted by Crippen LogP contribution is -2.14. The Bertz CT molecular complexity index is 1380. The summed E-state index contributed by atoms with van der Waals surface area (Å²) < 4.78 is 17.7. The third-order valence-electron chi connectivity index (χ3n) is 5.85. The summed E-state index contributed by atoms with van der Waals surface area (Å²) in [4.78, 5) is 17.3. The van der Waals surface area contributed by atoms with Crippen molar-refractivity contribution in [3.05, 3.63) is 64.4 Å². The molecule has 0 radical (unpaired) electrons. The second kappa shape index (κ2) is 10.2. The van der Waals surface area contributed by atoms with Crippen LogP contribution in [0.25, 0.3) is 16.9 Å². The van der Waals surface area contributed by atoms with Crippen LogP contribution in [-0.2, 0) is 11.2 Å². The minimum atomic E-state index is -0.116. The molecule has 8 nitrogen and oxygen atoms in total. The number of methoxy groups -OCH3 is 3. The Labute approximate surface area is 208 Å². The van der Waals surface area contributed by atoms with E-state index < -0.39 is 0 Å². The molecule has 2 aromatic heterocycles. The van der Waals surface area contributed by atoms with E-state index >= 15 is 0 Å². The molecule has 1 N–H and O–H groups in total. The highest BCUT2D eigenvalue weighted by atomic mass is 35.5. The maximum absolute atomic E-state index is 12.6. The predicted molar refractivity (Wildman–Crippen MR) is 136 cm³/mol. The van der Waals surface area contributed by atoms with Gasteiger partial charge in [0.15, 0.2) is 5.65 Å². The third kappa shape index (κ3) is 5.17. The van der Waals surface area contributed by atoms with E-state index in [1.165, 1.54) is 0 Å². The average Bonchev–Trinajstić information content (AvgIpc) is 3.28. The number of halogens is 1. The molecular weight excluding hydrogens is 468 g/mol. The molecule has 35 heavy (non-hydrogen) atoms. The van der Waals surface area contributed by atoms with Crippen LogP contribution in [-0.4, -0.2) is 41.8 Å². The molecule has 0 fully saturated rings. The Hall–Kier alpha value is -3.78. The SMILES string of the molecule is COc1cc(OC)cc(-c2cc3nc(C)c(CCC(=O)Nc4ccc(OC)c(Cl)c4)c(C)n3n2)c1. The maximum Gasteiger partial charge on any atom is 0.224 e. The van der Waals surface area contributed by atoms with Gasteiger partial charge in [-0.15, -0.1) is 0 Å². The molecule has 182 valence electrons. The first-order chi connectivity index (χ1) is 16.8. The van der Waals surface area contributed by atoms with Crippen molar-refractivity contribution in [3.63, 3.8) is 0 Å². The van der Waals surface area contributed by atoms with Gasteiger partial charge in [0.1, 0.15) is 17.2 Å². The van der Waals surface area contributed by atoms with E-state index in [0.29, 0.717) is 40.8 Å². The molecule has 0 spiro atoms. The van der Waals surface area contributed by atoms with E-state index in [0.717, 1.165) is 33.9 Å². The predicted octanol–water partition coefficient (Wildman–Crippen LogP) is 5.26. The molecular formula is C26H27ClN4O4. The summed E-state index contributed by atoms with van der Waals surface area (Å²) >= 11 is 6.15. The van der Waals surface area contributed by atoms with E-state index in [1.54, 1.807) is 39.5 Å². The zero-order chi connectivity index (χ0) is 25.1. The van der Waals surface area contributed by atoms with Gasteiger partial charge in [-0.05, 0) is 56.2 Å². The maximum atomic E-state index is 12.6. The largest absolute Gasteiger partial charge is 0.497 e. The van der Waals surface area contributed by atoms with Crippen molar-refractivity contribution >= 4 is 28.8 Å². The number of hydrogen-bond donors (Lipinski definition) is 1. The van der Waals surface area contributed by atoms with E-state index in [2.05, 4.69) is 5.32 Å². The van der Waals surface area contributed by atoms with Gasteiger partial charge in [0.2, 0.25) is 5.91 Å². The number of anilines is 1. The minimum absolute atomic E-state index is 0.116. The van der Waals surface area contributed by atoms with Crippen molar-refractivity contribution in [1.29, 1.82) is 0 Å². The first kappa shape index (κ1) is 24.3. The number of rotatable bonds is 8. The fourth-order valence-electron chi connectivity index (χ4n) is 3.99. The summed E-state index contributed by atoms with van der Waals surface area (Å²) in [6, 6.07) is 12.7. The molecule has 1 amide bonds. The van der Waals surface area contributed by atoms with Crippen LogP contribution in [0.2, 0.25) is 5.02 Å². The second-order valence-electron chi connectivity index (χ2n) is 8.06. The summed E-state index contributed by atoms with van der Waals surface area (Å²) in [5.74, 6) is 1.81. The molecule has 0 saturated heterocycles. The van der Waals surface area contributed by atoms with Crippen LogP contribution in [0, 0.1) is 13.8 Å². The van der Waals surface area contributed by atoms with Crippen LogP contribution in [0.4, 0.5) is 5.69 Å². The van der Waals surface area contributed by atoms with E-state index in [-0.39, 0.29) is 5.91 Å². The Morgan fingerprint density at radius 3 is 2.34 bits per heavy atom. The standard InChI is InChI=1S/C26H27ClN4O4/c1-15-21(7-9-26(32)29-18-6-8-24(35-5)22(27)12-18)16(2)31-25(28-15)14-23(30-31)17-10-19(33-3)13-20(11-17)34-4/h6,8,10-14H,7,9H2,1-5H3,(H,29,32). The quantitative estimate of drug-likeness (QED) is 0.359. The summed E-state index contributed by atoms with van der Waals surface area (Å²) in [6.07, 6.45) is 0.818. The lowest BCUT2D eigenvalue weighted by Gasteiger charge is -2.12. The number of benzene rings is 2. The van der Waals surface area contributed by atoms with Crippen molar-refractivity contribution in [1.82, 2.24) is 14.6 Å². The summed E-state index contributed by atoms with van der Waals surface area (Å²) in [7, 11) is 4.77. The first-order valence-corrected chi connectivity index (χ1v) is 11.4. The minimum Gasteiger partial charge on any atom is -0.497 e. The fraction of sp³-hybridized carbons (Fsp3) is 0.269. The summed E-state index contributed by atoms with van der Waals surface area (Å²) in [5, 5.41) is 8.09. The smallest absolute Gasteiger partial charge is 0.224 e. The van der Waals surface area contributed by atoms with Crippen molar-refractivity contribution in [2.45, 2.75) is 26.7 Å². The van der Waals surface area contributed by atoms with Crippen LogP contribution in [0.5, 0.6) is 17.2 Å². The molecule has 4 rings (SSSR count). The molecule has 2 heterocycles. The van der Waals surface area contributed by atoms with Gasteiger partial charge < -0.3 is 19.5 Å². The number of ether oxygens (including phenoxy) is 3. The molecule has 0 saturated carbocycles. The number of aromatic nitrogens is 3. The highest BCUT2D eigenvalue weighted by Gasteiger charge is 2.16. The van der Waals surface area contributed by atoms with Gasteiger partial charge in [0.05, 0.1) is 32.0 Å². The van der Waals surface area contributed by atoms with Gasteiger partial charge in [-0.25, -0.2) is 9.50 Å². The Morgan fingerprint density at radius 1 is 1.00 bits per heavy atom. The molecule has 0 aliphatic rings. The number of carbonyl (C=O) groups excluding carboxylic acids is 1. The Balaban J connectivity index is 1.55. The summed E-state index contributed by atoms with van der Waals surface area (Å²) in [5.41, 5.74) is 5.76. The van der Waals surface area contributed by atoms with Crippen LogP contribution in [0.15, 0.2) is 42.5 Å². The lowest BCUT2D eigenvalue weighted by atomic mass is 10.1. The molecule has 2 aromatic carbocycles. The van der Waals surface area contributed by atoms with Gasteiger partial charge in [-0.2, -0.15) is 5.10 Å². The van der Waals surface area contributed by atoms with Crippen LogP contribution >= 0.6 is 11.6 Å². The number of nitrogens with zero attached hydrogens (tertiary/aromatic N) is 3. The second-order valence-corrected chi connectivity index (χ2v) is 8.47. The number of carbonyl (C=O) groups is 1. The van der Waals surface area contributed by atoms with Crippen LogP contribution in [0.1, 0.15) is 23.4 Å². The Kier molecular flexibility index (Phi) is 7.12. The van der Waals surface area contributed by atoms with Gasteiger partial charge in [-0.1, -0.05) is 11.6 Å². The number of nitrogens with one attached hydrogen (secondary N) is 1. The van der Waals surface area contributed by atoms with Gasteiger partial charge in [0.25, 0.3) is 0 Å². The molecule has 0 unspecified atom stereocenters. The molecule has 9 heteroatoms. The monoisotopic (exact) mass is 494 g/mol. The van der Waals surface area contributed by atoms with Crippen LogP contribution in [0.3, 0.4) is 0 Å². The highest BCUT2D eigenvalue weighted by Crippen LogP contribution is 2.30. The number of aryl methyl sites for hydroxylation is 2. The normalized spacial score (nSPS) is 10.9. The van der Waals surface area contributed by atoms with Crippen molar-refractivity contribution < 1.29 is 19.0 Å². The average molecular weight is 495 g/mol. The van der Waals surface area contributed by atoms with Crippen molar-refractivity contribution in [2.24, 2.45) is 0 Å². The van der Waals surface area contributed by atoms with Gasteiger partial charge in [-0.3, -0.25) is 4.79 Å². The molecule has 0 aliphatic heterocycles. The van der Waals surface area contributed by atoms with E-state index in [4.69, 9.17) is 35.9 Å². The van der Waals surface area contributed by atoms with E-state index in [9.17, 15) is 4.79 Å². The topological polar surface area (TPSA) is 87.0 Å². The highest BCUT2D eigenvalue weighted by molar-refractivity contribution is 6.32. The third-order valence-corrected chi connectivity index (χ3v) is 6.14. The van der Waals surface area contributed by atoms with Crippen molar-refractivity contribution in [2.75, 3.05) is 26.6 Å². The molecule has 0 aliphatic carbocycles. The van der Waals surface area contributed by atoms with Crippen molar-refractivity contribution in [3.8, 4) is 28.5 Å². The zero-order valence-corrected chi connectivity index (χ0v) is 21.1. The van der Waals surface area contributed by atoms with Crippen LogP contribution < -0.4 is 19.5 Å². The van der Waals surface area contributed by atoms with Gasteiger partial charge in [0, 0.05) is 41.2 Å². The first-order valence-electron chi connectivity index (χ1n) is 11.1. The molecule has 0 atom stereocenters. The lowest BCUT2D eigenvalue weighted by molar-refractivity contribution is -0.116.